The standard InChI is InChI=1S/C62H42N2O/c1-2-14-46-40(12-1)26-27-42-13-9-24-58(60(42)46)63(45-35-30-41(31-36-45)47-18-10-21-54-51-17-5-8-25-59(51)65-62(47)54)44-33-28-39(29-34-44)43-32-37-48-52-19-11-20-53-49-15-3-6-22-56(49)64(61(52)53)57-23-7-4-16-50(57)55(48)38-43/h1-5,7-21,23-38,51,59H,6,22H2. The van der Waals surface area contributed by atoms with Gasteiger partial charge in [-0.05, 0) is 105 Å². The van der Waals surface area contributed by atoms with E-state index in [0.717, 1.165) is 46.8 Å². The van der Waals surface area contributed by atoms with Crippen molar-refractivity contribution in [3.8, 4) is 55.9 Å². The Morgan fingerprint density at radius 3 is 2.14 bits per heavy atom. The Morgan fingerprint density at radius 1 is 0.523 bits per heavy atom. The van der Waals surface area contributed by atoms with Gasteiger partial charge in [0, 0.05) is 61.6 Å². The average molecular weight is 831 g/mol. The second-order valence-electron chi connectivity index (χ2n) is 17.8. The largest absolute Gasteiger partial charge is 0.484 e. The molecular formula is C62H42N2O. The summed E-state index contributed by atoms with van der Waals surface area (Å²) >= 11 is 0. The second kappa shape index (κ2) is 14.2. The van der Waals surface area contributed by atoms with Gasteiger partial charge in [0.15, 0.2) is 0 Å². The van der Waals surface area contributed by atoms with Crippen LogP contribution in [0.4, 0.5) is 17.1 Å². The van der Waals surface area contributed by atoms with Gasteiger partial charge < -0.3 is 14.2 Å². The number of allylic oxidation sites excluding steroid dienone is 3. The lowest BCUT2D eigenvalue weighted by molar-refractivity contribution is 0.270. The topological polar surface area (TPSA) is 17.4 Å². The van der Waals surface area contributed by atoms with Gasteiger partial charge in [0.1, 0.15) is 11.9 Å². The Morgan fingerprint density at radius 2 is 1.23 bits per heavy atom. The van der Waals surface area contributed by atoms with E-state index in [9.17, 15) is 0 Å². The minimum Gasteiger partial charge on any atom is -0.484 e. The van der Waals surface area contributed by atoms with Crippen LogP contribution in [0.2, 0.25) is 0 Å². The number of rotatable bonds is 5. The van der Waals surface area contributed by atoms with Gasteiger partial charge in [-0.1, -0.05) is 170 Å². The first kappa shape index (κ1) is 36.4. The van der Waals surface area contributed by atoms with Gasteiger partial charge in [0.2, 0.25) is 0 Å². The summed E-state index contributed by atoms with van der Waals surface area (Å²) in [5, 5.41) is 6.25. The Bertz CT molecular complexity index is 3700. The molecule has 3 heteroatoms. The first-order chi connectivity index (χ1) is 32.2. The molecular weight excluding hydrogens is 789 g/mol. The minimum absolute atomic E-state index is 0.0440. The lowest BCUT2D eigenvalue weighted by atomic mass is 9.90. The predicted molar refractivity (Wildman–Crippen MR) is 271 cm³/mol. The van der Waals surface area contributed by atoms with Crippen LogP contribution in [-0.2, 0) is 6.42 Å². The normalized spacial score (nSPS) is 16.1. The van der Waals surface area contributed by atoms with Gasteiger partial charge in [-0.3, -0.25) is 0 Å². The van der Waals surface area contributed by atoms with E-state index in [0.29, 0.717) is 0 Å². The van der Waals surface area contributed by atoms with E-state index in [-0.39, 0.29) is 12.0 Å². The molecule has 0 bridgehead atoms. The van der Waals surface area contributed by atoms with E-state index in [4.69, 9.17) is 4.74 Å². The van der Waals surface area contributed by atoms with Crippen LogP contribution >= 0.6 is 0 Å². The molecule has 2 unspecified atom stereocenters. The number of nitrogens with zero attached hydrogens (tertiary/aromatic N) is 2. The quantitative estimate of drug-likeness (QED) is 0.161. The molecule has 2 aliphatic carbocycles. The van der Waals surface area contributed by atoms with Crippen molar-refractivity contribution in [2.45, 2.75) is 24.9 Å². The molecule has 306 valence electrons. The fourth-order valence-corrected chi connectivity index (χ4v) is 11.4. The van der Waals surface area contributed by atoms with Crippen LogP contribution in [0.1, 0.15) is 29.2 Å². The molecule has 9 aromatic carbocycles. The molecule has 0 radical (unpaired) electrons. The van der Waals surface area contributed by atoms with Gasteiger partial charge in [-0.2, -0.15) is 0 Å². The summed E-state index contributed by atoms with van der Waals surface area (Å²) < 4.78 is 9.16. The molecule has 0 fully saturated rings. The number of hydrogen-bond acceptors (Lipinski definition) is 2. The number of aromatic nitrogens is 1. The van der Waals surface area contributed by atoms with Crippen molar-refractivity contribution in [2.75, 3.05) is 4.90 Å². The van der Waals surface area contributed by atoms with Crippen LogP contribution in [0.3, 0.4) is 0 Å². The van der Waals surface area contributed by atoms with E-state index in [1.165, 1.54) is 88.3 Å². The smallest absolute Gasteiger partial charge is 0.132 e. The summed E-state index contributed by atoms with van der Waals surface area (Å²) in [4.78, 5) is 2.43. The summed E-state index contributed by atoms with van der Waals surface area (Å²) in [5.74, 6) is 1.24. The van der Waals surface area contributed by atoms with Crippen LogP contribution < -0.4 is 9.64 Å². The number of fused-ring (bicyclic) bond motifs is 14. The molecule has 2 atom stereocenters. The summed E-state index contributed by atoms with van der Waals surface area (Å²) in [6.45, 7) is 0. The van der Waals surface area contributed by atoms with Gasteiger partial charge in [0.05, 0.1) is 16.9 Å². The van der Waals surface area contributed by atoms with Gasteiger partial charge in [-0.25, -0.2) is 0 Å². The highest BCUT2D eigenvalue weighted by Crippen LogP contribution is 2.50. The zero-order valence-corrected chi connectivity index (χ0v) is 35.7. The number of para-hydroxylation sites is 3. The fraction of sp³-hybridized carbons (Fsp3) is 0.0645. The molecule has 0 saturated carbocycles. The van der Waals surface area contributed by atoms with Crippen molar-refractivity contribution < 1.29 is 4.74 Å². The first-order valence-corrected chi connectivity index (χ1v) is 22.9. The van der Waals surface area contributed by atoms with Crippen molar-refractivity contribution in [3.05, 3.63) is 229 Å². The van der Waals surface area contributed by atoms with E-state index in [1.54, 1.807) is 0 Å². The van der Waals surface area contributed by atoms with Crippen LogP contribution in [0, 0.1) is 0 Å². The van der Waals surface area contributed by atoms with Crippen LogP contribution in [0.15, 0.2) is 212 Å². The zero-order valence-electron chi connectivity index (χ0n) is 35.7. The van der Waals surface area contributed by atoms with Gasteiger partial charge in [0.25, 0.3) is 0 Å². The maximum absolute atomic E-state index is 6.60. The van der Waals surface area contributed by atoms with Crippen molar-refractivity contribution in [1.29, 1.82) is 0 Å². The minimum atomic E-state index is 0.0440. The molecule has 10 aromatic rings. The van der Waals surface area contributed by atoms with Crippen molar-refractivity contribution in [1.82, 2.24) is 4.57 Å². The van der Waals surface area contributed by atoms with E-state index in [2.05, 4.69) is 228 Å². The van der Waals surface area contributed by atoms with Gasteiger partial charge in [-0.15, -0.1) is 0 Å². The highest BCUT2D eigenvalue weighted by atomic mass is 16.5. The van der Waals surface area contributed by atoms with Crippen molar-refractivity contribution in [2.24, 2.45) is 0 Å². The molecule has 0 spiro atoms. The Hall–Kier alpha value is -8.14. The average Bonchev–Trinajstić information content (AvgIpc) is 3.89. The Labute approximate surface area is 378 Å². The fourth-order valence-electron chi connectivity index (χ4n) is 11.4. The summed E-state index contributed by atoms with van der Waals surface area (Å²) in [6.07, 6.45) is 15.5. The van der Waals surface area contributed by atoms with E-state index in [1.807, 2.05) is 0 Å². The molecule has 65 heavy (non-hydrogen) atoms. The highest BCUT2D eigenvalue weighted by Gasteiger charge is 2.34. The second-order valence-corrected chi connectivity index (χ2v) is 17.8. The number of anilines is 3. The molecule has 2 aliphatic heterocycles. The third kappa shape index (κ3) is 5.49. The predicted octanol–water partition coefficient (Wildman–Crippen LogP) is 16.3. The molecule has 3 heterocycles. The van der Waals surface area contributed by atoms with Crippen LogP contribution in [0.5, 0.6) is 5.75 Å². The maximum atomic E-state index is 6.60. The summed E-state index contributed by atoms with van der Waals surface area (Å²) in [6, 6.07) is 67.6. The lowest BCUT2D eigenvalue weighted by Crippen LogP contribution is -2.15. The number of ether oxygens (including phenoxy) is 1. The first-order valence-electron chi connectivity index (χ1n) is 22.9. The summed E-state index contributed by atoms with van der Waals surface area (Å²) in [5.41, 5.74) is 19.7. The molecule has 14 rings (SSSR count). The highest BCUT2D eigenvalue weighted by molar-refractivity contribution is 6.15. The molecule has 0 saturated heterocycles. The molecule has 1 aromatic heterocycles. The zero-order chi connectivity index (χ0) is 42.6. The molecule has 4 aliphatic rings. The van der Waals surface area contributed by atoms with Crippen molar-refractivity contribution >= 4 is 55.6 Å². The number of benzene rings is 9. The third-order valence-electron chi connectivity index (χ3n) is 14.3. The van der Waals surface area contributed by atoms with Gasteiger partial charge >= 0.3 is 0 Å². The Kier molecular flexibility index (Phi) is 7.93. The molecule has 3 nitrogen and oxygen atoms in total. The van der Waals surface area contributed by atoms with E-state index >= 15 is 0 Å². The van der Waals surface area contributed by atoms with Crippen molar-refractivity contribution in [3.63, 3.8) is 0 Å². The van der Waals surface area contributed by atoms with E-state index < -0.39 is 0 Å². The SMILES string of the molecule is C1=CC2Oc3c(-c4ccc(N(c5ccc(-c6ccc7c(c6)-c6ccccc6-n6c8c(c9cccc-7c96)C=CCC8)cc5)c5cccc6ccc7ccccc7c56)cc4)cccc3C2C=C1. The van der Waals surface area contributed by atoms with Crippen LogP contribution in [-0.4, -0.2) is 10.7 Å². The Balaban J connectivity index is 0.893. The monoisotopic (exact) mass is 830 g/mol. The third-order valence-corrected chi connectivity index (χ3v) is 14.3. The summed E-state index contributed by atoms with van der Waals surface area (Å²) in [7, 11) is 0. The number of hydrogen-bond donors (Lipinski definition) is 0. The lowest BCUT2D eigenvalue weighted by Gasteiger charge is -2.28. The van der Waals surface area contributed by atoms with Crippen LogP contribution in [0.25, 0.3) is 88.7 Å². The molecule has 0 N–H and O–H groups in total. The maximum Gasteiger partial charge on any atom is 0.132 e. The molecule has 0 amide bonds.